The van der Waals surface area contributed by atoms with Crippen molar-refractivity contribution in [1.29, 1.82) is 0 Å². The number of nitrogens with zero attached hydrogens (tertiary/aromatic N) is 1. The van der Waals surface area contributed by atoms with Crippen LogP contribution < -0.4 is 10.2 Å². The van der Waals surface area contributed by atoms with Gasteiger partial charge in [-0.15, -0.1) is 0 Å². The van der Waals surface area contributed by atoms with Crippen LogP contribution in [0, 0.1) is 23.7 Å². The molecule has 0 aromatic heterocycles. The van der Waals surface area contributed by atoms with Crippen molar-refractivity contribution in [3.05, 3.63) is 42.0 Å². The molecular formula is C17H18N2O2. The molecule has 1 heterocycles. The Hall–Kier alpha value is -1.94. The molecule has 1 saturated heterocycles. The minimum absolute atomic E-state index is 0.00889. The number of benzene rings is 1. The number of anilines is 1. The van der Waals surface area contributed by atoms with Crippen LogP contribution in [0.3, 0.4) is 0 Å². The third-order valence-electron chi connectivity index (χ3n) is 5.07. The van der Waals surface area contributed by atoms with Crippen molar-refractivity contribution in [3.63, 3.8) is 0 Å². The highest BCUT2D eigenvalue weighted by atomic mass is 16.2. The van der Waals surface area contributed by atoms with Crippen molar-refractivity contribution in [2.24, 2.45) is 23.7 Å². The van der Waals surface area contributed by atoms with Crippen LogP contribution in [0.5, 0.6) is 0 Å². The van der Waals surface area contributed by atoms with Crippen LogP contribution in [0.15, 0.2) is 36.4 Å². The summed E-state index contributed by atoms with van der Waals surface area (Å²) in [6.07, 6.45) is 5.22. The van der Waals surface area contributed by atoms with Gasteiger partial charge in [0, 0.05) is 6.54 Å². The van der Waals surface area contributed by atoms with E-state index in [1.807, 2.05) is 31.3 Å². The molecule has 1 aliphatic heterocycles. The van der Waals surface area contributed by atoms with Gasteiger partial charge in [-0.25, -0.2) is 4.90 Å². The molecule has 1 aromatic rings. The summed E-state index contributed by atoms with van der Waals surface area (Å²) in [5.41, 5.74) is 1.73. The maximum Gasteiger partial charge on any atom is 0.238 e. The molecule has 1 saturated carbocycles. The molecule has 2 amide bonds. The second-order valence-electron chi connectivity index (χ2n) is 6.17. The Morgan fingerprint density at radius 2 is 1.71 bits per heavy atom. The summed E-state index contributed by atoms with van der Waals surface area (Å²) in [4.78, 5) is 27.0. The lowest BCUT2D eigenvalue weighted by Gasteiger charge is -2.20. The number of allylic oxidation sites excluding steroid dienone is 2. The second-order valence-corrected chi connectivity index (χ2v) is 6.17. The topological polar surface area (TPSA) is 49.4 Å². The van der Waals surface area contributed by atoms with E-state index in [4.69, 9.17) is 0 Å². The Morgan fingerprint density at radius 3 is 2.33 bits per heavy atom. The van der Waals surface area contributed by atoms with Gasteiger partial charge in [0.25, 0.3) is 0 Å². The minimum Gasteiger partial charge on any atom is -0.316 e. The van der Waals surface area contributed by atoms with Gasteiger partial charge >= 0.3 is 0 Å². The Morgan fingerprint density at radius 1 is 1.10 bits per heavy atom. The maximum absolute atomic E-state index is 12.8. The van der Waals surface area contributed by atoms with Crippen molar-refractivity contribution >= 4 is 17.5 Å². The van der Waals surface area contributed by atoms with Crippen molar-refractivity contribution in [2.45, 2.75) is 13.0 Å². The van der Waals surface area contributed by atoms with Gasteiger partial charge in [0.15, 0.2) is 0 Å². The maximum atomic E-state index is 12.8. The zero-order chi connectivity index (χ0) is 14.6. The number of fused-ring (bicyclic) bond motifs is 5. The van der Waals surface area contributed by atoms with E-state index in [9.17, 15) is 9.59 Å². The number of amides is 2. The molecule has 4 nitrogen and oxygen atoms in total. The van der Waals surface area contributed by atoms with Crippen molar-refractivity contribution in [2.75, 3.05) is 11.9 Å². The number of carbonyl (C=O) groups excluding carboxylic acids is 2. The monoisotopic (exact) mass is 282 g/mol. The van der Waals surface area contributed by atoms with E-state index in [1.165, 1.54) is 4.90 Å². The molecule has 2 aliphatic carbocycles. The first-order chi connectivity index (χ1) is 10.2. The van der Waals surface area contributed by atoms with E-state index in [2.05, 4.69) is 17.5 Å². The molecule has 4 atom stereocenters. The predicted octanol–water partition coefficient (Wildman–Crippen LogP) is 1.72. The fourth-order valence-corrected chi connectivity index (χ4v) is 4.21. The van der Waals surface area contributed by atoms with Crippen molar-refractivity contribution in [1.82, 2.24) is 5.32 Å². The zero-order valence-electron chi connectivity index (χ0n) is 12.0. The molecule has 4 unspecified atom stereocenters. The first kappa shape index (κ1) is 12.8. The highest BCUT2D eigenvalue weighted by molar-refractivity contribution is 6.23. The molecule has 108 valence electrons. The first-order valence-electron chi connectivity index (χ1n) is 7.51. The molecule has 0 spiro atoms. The molecule has 21 heavy (non-hydrogen) atoms. The van der Waals surface area contributed by atoms with Crippen LogP contribution in [0.4, 0.5) is 5.69 Å². The third kappa shape index (κ3) is 1.65. The SMILES string of the molecule is CNCc1ccccc1N1C(=O)C2C3C=CC(C3)C2C1=O. The Kier molecular flexibility index (Phi) is 2.76. The lowest BCUT2D eigenvalue weighted by atomic mass is 9.85. The van der Waals surface area contributed by atoms with Crippen LogP contribution in [0.25, 0.3) is 0 Å². The molecule has 0 radical (unpaired) electrons. The standard InChI is InChI=1S/C17H18N2O2/c1-18-9-12-4-2-3-5-13(12)19-16(20)14-10-6-7-11(8-10)15(14)17(19)21/h2-7,10-11,14-15,18H,8-9H2,1H3. The zero-order valence-corrected chi connectivity index (χ0v) is 12.0. The molecule has 1 aromatic carbocycles. The van der Waals surface area contributed by atoms with Crippen LogP contribution in [-0.4, -0.2) is 18.9 Å². The van der Waals surface area contributed by atoms with Gasteiger partial charge in [-0.1, -0.05) is 30.4 Å². The van der Waals surface area contributed by atoms with Gasteiger partial charge in [-0.05, 0) is 36.9 Å². The van der Waals surface area contributed by atoms with Gasteiger partial charge in [-0.2, -0.15) is 0 Å². The highest BCUT2D eigenvalue weighted by Crippen LogP contribution is 2.53. The van der Waals surface area contributed by atoms with Gasteiger partial charge in [0.05, 0.1) is 17.5 Å². The molecule has 2 fully saturated rings. The number of para-hydroxylation sites is 1. The largest absolute Gasteiger partial charge is 0.316 e. The fourth-order valence-electron chi connectivity index (χ4n) is 4.21. The van der Waals surface area contributed by atoms with Gasteiger partial charge < -0.3 is 5.32 Å². The summed E-state index contributed by atoms with van der Waals surface area (Å²) < 4.78 is 0. The van der Waals surface area contributed by atoms with E-state index in [0.717, 1.165) is 17.7 Å². The van der Waals surface area contributed by atoms with Crippen LogP contribution in [0.1, 0.15) is 12.0 Å². The molecule has 4 rings (SSSR count). The van der Waals surface area contributed by atoms with Crippen LogP contribution in [-0.2, 0) is 16.1 Å². The first-order valence-corrected chi connectivity index (χ1v) is 7.51. The van der Waals surface area contributed by atoms with Crippen molar-refractivity contribution < 1.29 is 9.59 Å². The Balaban J connectivity index is 1.75. The summed E-state index contributed by atoms with van der Waals surface area (Å²) in [6, 6.07) is 7.66. The lowest BCUT2D eigenvalue weighted by molar-refractivity contribution is -0.123. The number of nitrogens with one attached hydrogen (secondary N) is 1. The van der Waals surface area contributed by atoms with Crippen molar-refractivity contribution in [3.8, 4) is 0 Å². The van der Waals surface area contributed by atoms with Gasteiger partial charge in [-0.3, -0.25) is 9.59 Å². The summed E-state index contributed by atoms with van der Waals surface area (Å²) >= 11 is 0. The molecule has 2 bridgehead atoms. The summed E-state index contributed by atoms with van der Waals surface area (Å²) in [5.74, 6) is 0.247. The van der Waals surface area contributed by atoms with Crippen LogP contribution >= 0.6 is 0 Å². The van der Waals surface area contributed by atoms with E-state index in [1.54, 1.807) is 0 Å². The van der Waals surface area contributed by atoms with E-state index < -0.39 is 0 Å². The number of hydrogen-bond donors (Lipinski definition) is 1. The minimum atomic E-state index is -0.129. The smallest absolute Gasteiger partial charge is 0.238 e. The van der Waals surface area contributed by atoms with Gasteiger partial charge in [0.1, 0.15) is 0 Å². The number of rotatable bonds is 3. The quantitative estimate of drug-likeness (QED) is 0.678. The lowest BCUT2D eigenvalue weighted by Crippen LogP contribution is -2.34. The average Bonchev–Trinajstić information content (AvgIpc) is 3.15. The van der Waals surface area contributed by atoms with E-state index in [-0.39, 0.29) is 35.5 Å². The highest BCUT2D eigenvalue weighted by Gasteiger charge is 2.59. The third-order valence-corrected chi connectivity index (χ3v) is 5.07. The van der Waals surface area contributed by atoms with E-state index >= 15 is 0 Å². The second kappa shape index (κ2) is 4.53. The molecule has 4 heteroatoms. The molecule has 3 aliphatic rings. The summed E-state index contributed by atoms with van der Waals surface area (Å²) in [7, 11) is 1.86. The fraction of sp³-hybridized carbons (Fsp3) is 0.412. The average molecular weight is 282 g/mol. The number of imide groups is 1. The van der Waals surface area contributed by atoms with Gasteiger partial charge in [0.2, 0.25) is 11.8 Å². The number of hydrogen-bond acceptors (Lipinski definition) is 3. The summed E-state index contributed by atoms with van der Waals surface area (Å²) in [6.45, 7) is 0.647. The number of carbonyl (C=O) groups is 2. The van der Waals surface area contributed by atoms with Crippen LogP contribution in [0.2, 0.25) is 0 Å². The summed E-state index contributed by atoms with van der Waals surface area (Å²) in [5, 5.41) is 3.10. The van der Waals surface area contributed by atoms with E-state index in [0.29, 0.717) is 6.54 Å². The normalized spacial score (nSPS) is 33.1. The Bertz CT molecular complexity index is 622. The predicted molar refractivity (Wildman–Crippen MR) is 79.4 cm³/mol. The Labute approximate surface area is 123 Å². The molecular weight excluding hydrogens is 264 g/mol. The molecule has 1 N–H and O–H groups in total.